The Labute approximate surface area is 193 Å². The van der Waals surface area contributed by atoms with Crippen molar-refractivity contribution in [2.45, 2.75) is 32.4 Å². The van der Waals surface area contributed by atoms with Crippen molar-refractivity contribution in [3.05, 3.63) is 101 Å². The Morgan fingerprint density at radius 3 is 2.00 bits per heavy atom. The number of rotatable bonds is 5. The number of hydrogen-bond acceptors (Lipinski definition) is 3. The fourth-order valence-electron chi connectivity index (χ4n) is 3.76. The van der Waals surface area contributed by atoms with Gasteiger partial charge in [0.15, 0.2) is 0 Å². The Morgan fingerprint density at radius 2 is 1.39 bits per heavy atom. The number of para-hydroxylation sites is 2. The number of nitrogens with one attached hydrogen (secondary N) is 2. The standard InChI is InChI=1S/C27H28N4O2/c1-27(2,3)30-26(33)20-16-14-19(15-17-20)25(32)29-23(18-10-6-5-7-11-18)24-28-21-12-8-9-13-22(21)31(24)4/h5-17,23H,1-4H3,(H,29,32)(H,30,33). The molecule has 0 saturated heterocycles. The number of hydrogen-bond donors (Lipinski definition) is 2. The van der Waals surface area contributed by atoms with Crippen molar-refractivity contribution in [3.8, 4) is 0 Å². The summed E-state index contributed by atoms with van der Waals surface area (Å²) in [5.74, 6) is 0.340. The van der Waals surface area contributed by atoms with Gasteiger partial charge in [-0.25, -0.2) is 4.98 Å². The van der Waals surface area contributed by atoms with Crippen LogP contribution in [0.5, 0.6) is 0 Å². The van der Waals surface area contributed by atoms with Gasteiger partial charge in [0, 0.05) is 23.7 Å². The second-order valence-electron chi connectivity index (χ2n) is 9.12. The van der Waals surface area contributed by atoms with E-state index in [2.05, 4.69) is 10.6 Å². The highest BCUT2D eigenvalue weighted by atomic mass is 16.2. The second-order valence-corrected chi connectivity index (χ2v) is 9.12. The molecule has 33 heavy (non-hydrogen) atoms. The van der Waals surface area contributed by atoms with Gasteiger partial charge in [-0.3, -0.25) is 9.59 Å². The van der Waals surface area contributed by atoms with Crippen molar-refractivity contribution in [2.24, 2.45) is 7.05 Å². The summed E-state index contributed by atoms with van der Waals surface area (Å²) in [5.41, 5.74) is 3.46. The molecule has 0 aliphatic heterocycles. The first-order valence-corrected chi connectivity index (χ1v) is 10.9. The van der Waals surface area contributed by atoms with Crippen LogP contribution in [0.1, 0.15) is 58.9 Å². The molecule has 0 aliphatic rings. The van der Waals surface area contributed by atoms with Crippen LogP contribution in [-0.2, 0) is 7.05 Å². The van der Waals surface area contributed by atoms with E-state index in [1.54, 1.807) is 24.3 Å². The van der Waals surface area contributed by atoms with Crippen LogP contribution >= 0.6 is 0 Å². The van der Waals surface area contributed by atoms with Gasteiger partial charge in [-0.2, -0.15) is 0 Å². The fourth-order valence-corrected chi connectivity index (χ4v) is 3.76. The monoisotopic (exact) mass is 440 g/mol. The quantitative estimate of drug-likeness (QED) is 0.475. The highest BCUT2D eigenvalue weighted by molar-refractivity contribution is 5.98. The zero-order valence-corrected chi connectivity index (χ0v) is 19.3. The predicted octanol–water partition coefficient (Wildman–Crippen LogP) is 4.62. The van der Waals surface area contributed by atoms with Gasteiger partial charge in [0.05, 0.1) is 11.0 Å². The normalized spacial score (nSPS) is 12.4. The van der Waals surface area contributed by atoms with Gasteiger partial charge in [0.2, 0.25) is 0 Å². The lowest BCUT2D eigenvalue weighted by Crippen LogP contribution is -2.40. The lowest BCUT2D eigenvalue weighted by atomic mass is 10.0. The van der Waals surface area contributed by atoms with Crippen molar-refractivity contribution >= 4 is 22.8 Å². The van der Waals surface area contributed by atoms with Crippen LogP contribution in [0.15, 0.2) is 78.9 Å². The maximum atomic E-state index is 13.2. The summed E-state index contributed by atoms with van der Waals surface area (Å²) in [6.07, 6.45) is 0. The number of carbonyl (C=O) groups is 2. The van der Waals surface area contributed by atoms with Crippen molar-refractivity contribution in [1.82, 2.24) is 20.2 Å². The number of nitrogens with zero attached hydrogens (tertiary/aromatic N) is 2. The number of aryl methyl sites for hydroxylation is 1. The molecule has 4 rings (SSSR count). The van der Waals surface area contributed by atoms with Crippen molar-refractivity contribution in [3.63, 3.8) is 0 Å². The molecule has 0 saturated carbocycles. The molecule has 0 radical (unpaired) electrons. The molecule has 6 nitrogen and oxygen atoms in total. The molecule has 1 atom stereocenters. The zero-order chi connectivity index (χ0) is 23.6. The summed E-state index contributed by atoms with van der Waals surface area (Å²) < 4.78 is 2.01. The second kappa shape index (κ2) is 8.90. The first-order valence-electron chi connectivity index (χ1n) is 10.9. The number of amides is 2. The first kappa shape index (κ1) is 22.3. The molecule has 1 heterocycles. The zero-order valence-electron chi connectivity index (χ0n) is 19.3. The minimum Gasteiger partial charge on any atom is -0.347 e. The van der Waals surface area contributed by atoms with Crippen LogP contribution in [0.4, 0.5) is 0 Å². The largest absolute Gasteiger partial charge is 0.347 e. The highest BCUT2D eigenvalue weighted by Crippen LogP contribution is 2.25. The summed E-state index contributed by atoms with van der Waals surface area (Å²) in [6.45, 7) is 5.78. The minimum absolute atomic E-state index is 0.170. The summed E-state index contributed by atoms with van der Waals surface area (Å²) in [6, 6.07) is 23.9. The van der Waals surface area contributed by atoms with Crippen LogP contribution < -0.4 is 10.6 Å². The number of fused-ring (bicyclic) bond motifs is 1. The van der Waals surface area contributed by atoms with Crippen LogP contribution in [-0.4, -0.2) is 26.9 Å². The van der Waals surface area contributed by atoms with E-state index in [1.807, 2.05) is 87.0 Å². The Morgan fingerprint density at radius 1 is 0.818 bits per heavy atom. The van der Waals surface area contributed by atoms with Crippen LogP contribution in [0.25, 0.3) is 11.0 Å². The molecule has 1 aromatic heterocycles. The molecular formula is C27H28N4O2. The number of carbonyl (C=O) groups excluding carboxylic acids is 2. The Balaban J connectivity index is 1.62. The highest BCUT2D eigenvalue weighted by Gasteiger charge is 2.23. The third kappa shape index (κ3) is 4.95. The molecule has 0 spiro atoms. The van der Waals surface area contributed by atoms with E-state index >= 15 is 0 Å². The van der Waals surface area contributed by atoms with Gasteiger partial charge >= 0.3 is 0 Å². The van der Waals surface area contributed by atoms with E-state index in [1.165, 1.54) is 0 Å². The van der Waals surface area contributed by atoms with Crippen LogP contribution in [0.3, 0.4) is 0 Å². The van der Waals surface area contributed by atoms with Crippen molar-refractivity contribution < 1.29 is 9.59 Å². The van der Waals surface area contributed by atoms with Gasteiger partial charge < -0.3 is 15.2 Å². The van der Waals surface area contributed by atoms with E-state index in [4.69, 9.17) is 4.98 Å². The molecule has 0 fully saturated rings. The summed E-state index contributed by atoms with van der Waals surface area (Å²) in [5, 5.41) is 6.06. The molecule has 1 unspecified atom stereocenters. The molecule has 6 heteroatoms. The number of aromatic nitrogens is 2. The lowest BCUT2D eigenvalue weighted by Gasteiger charge is -2.21. The summed E-state index contributed by atoms with van der Waals surface area (Å²) in [4.78, 5) is 30.4. The van der Waals surface area contributed by atoms with Crippen molar-refractivity contribution in [1.29, 1.82) is 0 Å². The molecule has 4 aromatic rings. The molecule has 3 aromatic carbocycles. The summed E-state index contributed by atoms with van der Waals surface area (Å²) >= 11 is 0. The van der Waals surface area contributed by atoms with Gasteiger partial charge in [0.1, 0.15) is 11.9 Å². The average molecular weight is 441 g/mol. The number of benzene rings is 3. The maximum Gasteiger partial charge on any atom is 0.252 e. The van der Waals surface area contributed by atoms with Gasteiger partial charge in [-0.15, -0.1) is 0 Å². The molecule has 0 bridgehead atoms. The molecule has 168 valence electrons. The Hall–Kier alpha value is -3.93. The van der Waals surface area contributed by atoms with Gasteiger partial charge in [-0.05, 0) is 62.7 Å². The topological polar surface area (TPSA) is 76.0 Å². The first-order chi connectivity index (χ1) is 15.7. The van der Waals surface area contributed by atoms with E-state index in [-0.39, 0.29) is 17.4 Å². The Kier molecular flexibility index (Phi) is 6.01. The third-order valence-corrected chi connectivity index (χ3v) is 5.39. The van der Waals surface area contributed by atoms with E-state index in [0.717, 1.165) is 22.4 Å². The third-order valence-electron chi connectivity index (χ3n) is 5.39. The maximum absolute atomic E-state index is 13.2. The average Bonchev–Trinajstić information content (AvgIpc) is 3.13. The predicted molar refractivity (Wildman–Crippen MR) is 130 cm³/mol. The smallest absolute Gasteiger partial charge is 0.252 e. The molecule has 2 N–H and O–H groups in total. The van der Waals surface area contributed by atoms with Crippen LogP contribution in [0.2, 0.25) is 0 Å². The lowest BCUT2D eigenvalue weighted by molar-refractivity contribution is 0.0914. The Bertz CT molecular complexity index is 1290. The summed E-state index contributed by atoms with van der Waals surface area (Å²) in [7, 11) is 1.95. The van der Waals surface area contributed by atoms with Crippen molar-refractivity contribution in [2.75, 3.05) is 0 Å². The van der Waals surface area contributed by atoms with E-state index < -0.39 is 6.04 Å². The van der Waals surface area contributed by atoms with Crippen LogP contribution in [0, 0.1) is 0 Å². The molecular weight excluding hydrogens is 412 g/mol. The van der Waals surface area contributed by atoms with Gasteiger partial charge in [-0.1, -0.05) is 42.5 Å². The van der Waals surface area contributed by atoms with E-state index in [0.29, 0.717) is 11.1 Å². The molecule has 0 aliphatic carbocycles. The molecule has 2 amide bonds. The number of imidazole rings is 1. The van der Waals surface area contributed by atoms with Gasteiger partial charge in [0.25, 0.3) is 11.8 Å². The SMILES string of the molecule is Cn1c(C(NC(=O)c2ccc(C(=O)NC(C)(C)C)cc2)c2ccccc2)nc2ccccc21. The van der Waals surface area contributed by atoms with E-state index in [9.17, 15) is 9.59 Å². The fraction of sp³-hybridized carbons (Fsp3) is 0.222. The minimum atomic E-state index is -0.431.